The summed E-state index contributed by atoms with van der Waals surface area (Å²) < 4.78 is 0. The Labute approximate surface area is 59.6 Å². The van der Waals surface area contributed by atoms with E-state index in [0.29, 0.717) is 6.54 Å². The van der Waals surface area contributed by atoms with Gasteiger partial charge in [-0.25, -0.2) is 0 Å². The number of piperidine rings is 1. The van der Waals surface area contributed by atoms with Crippen LogP contribution in [0.3, 0.4) is 0 Å². The van der Waals surface area contributed by atoms with E-state index >= 15 is 0 Å². The fourth-order valence-corrected chi connectivity index (χ4v) is 1.18. The van der Waals surface area contributed by atoms with Gasteiger partial charge in [0, 0.05) is 6.54 Å². The van der Waals surface area contributed by atoms with Crippen LogP contribution in [0.15, 0.2) is 0 Å². The molecule has 0 aromatic heterocycles. The summed E-state index contributed by atoms with van der Waals surface area (Å²) in [6.07, 6.45) is 1.20. The molecule has 58 valence electrons. The third-order valence-electron chi connectivity index (χ3n) is 1.78. The number of hydrogen-bond acceptors (Lipinski definition) is 3. The first-order chi connectivity index (χ1) is 4.72. The Bertz CT molecular complexity index is 138. The molecule has 1 rings (SSSR count). The van der Waals surface area contributed by atoms with Crippen molar-refractivity contribution in [1.29, 1.82) is 0 Å². The quantitative estimate of drug-likeness (QED) is 0.477. The van der Waals surface area contributed by atoms with E-state index < -0.39 is 6.09 Å². The second-order valence-corrected chi connectivity index (χ2v) is 2.52. The highest BCUT2D eigenvalue weighted by atomic mass is 16.4. The summed E-state index contributed by atoms with van der Waals surface area (Å²) in [4.78, 5) is 11.5. The first-order valence-electron chi connectivity index (χ1n) is 3.45. The van der Waals surface area contributed by atoms with Gasteiger partial charge in [-0.2, -0.15) is 0 Å². The minimum atomic E-state index is -1.15. The molecule has 0 radical (unpaired) electrons. The topological polar surface area (TPSA) is 69.4 Å². The zero-order valence-corrected chi connectivity index (χ0v) is 5.75. The molecule has 4 nitrogen and oxygen atoms in total. The lowest BCUT2D eigenvalue weighted by molar-refractivity contribution is -0.269. The van der Waals surface area contributed by atoms with Gasteiger partial charge in [0.2, 0.25) is 0 Å². The molecule has 0 aliphatic carbocycles. The van der Waals surface area contributed by atoms with Gasteiger partial charge in [0.15, 0.2) is 0 Å². The molecule has 0 saturated carbocycles. The second kappa shape index (κ2) is 2.88. The smallest absolute Gasteiger partial charge is 0.138 e. The van der Waals surface area contributed by atoms with Crippen LogP contribution in [-0.4, -0.2) is 23.7 Å². The summed E-state index contributed by atoms with van der Waals surface area (Å²) in [5.74, 6) is 0. The van der Waals surface area contributed by atoms with Gasteiger partial charge >= 0.3 is 0 Å². The van der Waals surface area contributed by atoms with Crippen molar-refractivity contribution in [2.45, 2.75) is 25.4 Å². The fraction of sp³-hybridized carbons (Fsp3) is 0.833. The van der Waals surface area contributed by atoms with Crippen molar-refractivity contribution in [2.75, 3.05) is 6.54 Å². The molecule has 1 aliphatic heterocycles. The number of hydrogen-bond donors (Lipinski definition) is 1. The maximum atomic E-state index is 10.3. The lowest BCUT2D eigenvalue weighted by Gasteiger charge is -2.34. The molecular formula is C6H11N2O2-. The minimum absolute atomic E-state index is 0.334. The number of carboxylic acid groups (broad SMARTS) is 1. The SMILES string of the molecule is NC1CCCCN1C(=O)[O-]. The van der Waals surface area contributed by atoms with Crippen LogP contribution in [-0.2, 0) is 0 Å². The Morgan fingerprint density at radius 2 is 2.30 bits per heavy atom. The fourth-order valence-electron chi connectivity index (χ4n) is 1.18. The van der Waals surface area contributed by atoms with Crippen LogP contribution in [0.5, 0.6) is 0 Å². The number of carbonyl (C=O) groups is 1. The van der Waals surface area contributed by atoms with E-state index in [-0.39, 0.29) is 6.17 Å². The summed E-state index contributed by atoms with van der Waals surface area (Å²) in [7, 11) is 0. The minimum Gasteiger partial charge on any atom is -0.530 e. The highest BCUT2D eigenvalue weighted by Crippen LogP contribution is 2.11. The summed E-state index contributed by atoms with van der Waals surface area (Å²) in [6.45, 7) is 0.531. The van der Waals surface area contributed by atoms with Gasteiger partial charge in [0.25, 0.3) is 0 Å². The summed E-state index contributed by atoms with van der Waals surface area (Å²) >= 11 is 0. The Kier molecular flexibility index (Phi) is 2.11. The number of likely N-dealkylation sites (tertiary alicyclic amines) is 1. The largest absolute Gasteiger partial charge is 0.530 e. The highest BCUT2D eigenvalue weighted by molar-refractivity contribution is 5.62. The van der Waals surface area contributed by atoms with Crippen LogP contribution in [0.1, 0.15) is 19.3 Å². The number of amides is 1. The summed E-state index contributed by atoms with van der Waals surface area (Å²) in [5.41, 5.74) is 5.48. The van der Waals surface area contributed by atoms with E-state index in [1.54, 1.807) is 0 Å². The molecule has 1 fully saturated rings. The van der Waals surface area contributed by atoms with Gasteiger partial charge in [0.1, 0.15) is 6.09 Å². The molecule has 1 atom stereocenters. The lowest BCUT2D eigenvalue weighted by Crippen LogP contribution is -2.53. The number of rotatable bonds is 0. The average molecular weight is 143 g/mol. The van der Waals surface area contributed by atoms with E-state index in [2.05, 4.69) is 0 Å². The third kappa shape index (κ3) is 1.39. The van der Waals surface area contributed by atoms with Crippen LogP contribution < -0.4 is 10.8 Å². The molecule has 2 N–H and O–H groups in total. The predicted molar refractivity (Wildman–Crippen MR) is 33.9 cm³/mol. The van der Waals surface area contributed by atoms with Crippen molar-refractivity contribution >= 4 is 6.09 Å². The normalized spacial score (nSPS) is 26.5. The van der Waals surface area contributed by atoms with Crippen molar-refractivity contribution in [3.8, 4) is 0 Å². The molecule has 0 aromatic carbocycles. The number of carbonyl (C=O) groups excluding carboxylic acids is 1. The van der Waals surface area contributed by atoms with E-state index in [0.717, 1.165) is 19.3 Å². The molecule has 1 saturated heterocycles. The summed E-state index contributed by atoms with van der Waals surface area (Å²) in [6, 6.07) is 0. The van der Waals surface area contributed by atoms with Gasteiger partial charge in [0.05, 0.1) is 6.17 Å². The molecule has 4 heteroatoms. The molecule has 1 heterocycles. The first kappa shape index (κ1) is 7.34. The van der Waals surface area contributed by atoms with Crippen molar-refractivity contribution in [3.63, 3.8) is 0 Å². The molecule has 1 aliphatic rings. The van der Waals surface area contributed by atoms with Gasteiger partial charge < -0.3 is 20.5 Å². The van der Waals surface area contributed by atoms with Crippen molar-refractivity contribution in [2.24, 2.45) is 5.73 Å². The van der Waals surface area contributed by atoms with Crippen LogP contribution in [0, 0.1) is 0 Å². The predicted octanol–water partition coefficient (Wildman–Crippen LogP) is -0.900. The average Bonchev–Trinajstić information content (AvgIpc) is 1.88. The molecule has 0 bridgehead atoms. The molecular weight excluding hydrogens is 132 g/mol. The second-order valence-electron chi connectivity index (χ2n) is 2.52. The number of nitrogens with two attached hydrogens (primary N) is 1. The van der Waals surface area contributed by atoms with Crippen LogP contribution >= 0.6 is 0 Å². The van der Waals surface area contributed by atoms with E-state index in [9.17, 15) is 9.90 Å². The Morgan fingerprint density at radius 3 is 2.70 bits per heavy atom. The van der Waals surface area contributed by atoms with Gasteiger partial charge in [-0.3, -0.25) is 0 Å². The van der Waals surface area contributed by atoms with Gasteiger partial charge in [-0.05, 0) is 19.3 Å². The molecule has 0 spiro atoms. The van der Waals surface area contributed by atoms with Crippen LogP contribution in [0.25, 0.3) is 0 Å². The van der Waals surface area contributed by atoms with Crippen molar-refractivity contribution < 1.29 is 9.90 Å². The Morgan fingerprint density at radius 1 is 1.60 bits per heavy atom. The van der Waals surface area contributed by atoms with E-state index in [4.69, 9.17) is 5.73 Å². The van der Waals surface area contributed by atoms with E-state index in [1.165, 1.54) is 4.90 Å². The third-order valence-corrected chi connectivity index (χ3v) is 1.78. The first-order valence-corrected chi connectivity index (χ1v) is 3.45. The standard InChI is InChI=1S/C6H12N2O2/c7-5-3-1-2-4-8(5)6(9)10/h5H,1-4,7H2,(H,9,10)/p-1. The van der Waals surface area contributed by atoms with Crippen molar-refractivity contribution in [1.82, 2.24) is 4.90 Å². The zero-order chi connectivity index (χ0) is 7.56. The van der Waals surface area contributed by atoms with E-state index in [1.807, 2.05) is 0 Å². The van der Waals surface area contributed by atoms with Gasteiger partial charge in [-0.15, -0.1) is 0 Å². The molecule has 1 amide bonds. The Hall–Kier alpha value is -0.770. The van der Waals surface area contributed by atoms with Gasteiger partial charge in [-0.1, -0.05) is 0 Å². The molecule has 0 aromatic rings. The lowest BCUT2D eigenvalue weighted by atomic mass is 10.1. The zero-order valence-electron chi connectivity index (χ0n) is 5.75. The summed E-state index contributed by atoms with van der Waals surface area (Å²) in [5, 5.41) is 10.3. The Balaban J connectivity index is 2.47. The maximum absolute atomic E-state index is 10.3. The molecule has 10 heavy (non-hydrogen) atoms. The van der Waals surface area contributed by atoms with Crippen molar-refractivity contribution in [3.05, 3.63) is 0 Å². The maximum Gasteiger partial charge on any atom is 0.138 e. The van der Waals surface area contributed by atoms with Crippen LogP contribution in [0.2, 0.25) is 0 Å². The number of nitrogens with zero attached hydrogens (tertiary/aromatic N) is 1. The molecule has 1 unspecified atom stereocenters. The highest BCUT2D eigenvalue weighted by Gasteiger charge is 2.17. The monoisotopic (exact) mass is 143 g/mol. The van der Waals surface area contributed by atoms with Crippen LogP contribution in [0.4, 0.5) is 4.79 Å².